The molecule has 1 aromatic rings. The highest BCUT2D eigenvalue weighted by Crippen LogP contribution is 2.51. The molecule has 1 heterocycles. The zero-order chi connectivity index (χ0) is 8.77. The summed E-state index contributed by atoms with van der Waals surface area (Å²) in [5, 5.41) is 12.3. The molecule has 0 radical (unpaired) electrons. The molecule has 1 saturated carbocycles. The molecule has 1 nitrogen and oxygen atoms in total. The highest BCUT2D eigenvalue weighted by atomic mass is 32.1. The first kappa shape index (κ1) is 8.27. The summed E-state index contributed by atoms with van der Waals surface area (Å²) in [6, 6.07) is 4.04. The predicted octanol–water partition coefficient (Wildman–Crippen LogP) is 2.61. The van der Waals surface area contributed by atoms with Crippen LogP contribution in [0.3, 0.4) is 0 Å². The van der Waals surface area contributed by atoms with Gasteiger partial charge in [-0.3, -0.25) is 0 Å². The van der Waals surface area contributed by atoms with Crippen molar-refractivity contribution < 1.29 is 5.11 Å². The Bertz CT molecular complexity index is 267. The molecule has 1 fully saturated rings. The van der Waals surface area contributed by atoms with Crippen molar-refractivity contribution in [2.45, 2.75) is 25.9 Å². The van der Waals surface area contributed by atoms with Crippen molar-refractivity contribution in [3.05, 3.63) is 22.4 Å². The Morgan fingerprint density at radius 2 is 2.33 bits per heavy atom. The summed E-state index contributed by atoms with van der Waals surface area (Å²) in [5.74, 6) is 1.08. The molecule has 3 atom stereocenters. The van der Waals surface area contributed by atoms with Crippen LogP contribution in [-0.4, -0.2) is 5.11 Å². The fourth-order valence-electron chi connectivity index (χ4n) is 2.01. The summed E-state index contributed by atoms with van der Waals surface area (Å²) in [6.07, 6.45) is 0.925. The van der Waals surface area contributed by atoms with Crippen LogP contribution in [0.1, 0.15) is 25.1 Å². The molecule has 1 aliphatic carbocycles. The van der Waals surface area contributed by atoms with E-state index < -0.39 is 5.60 Å². The smallest absolute Gasteiger partial charge is 0.102 e. The molecule has 1 N–H and O–H groups in total. The van der Waals surface area contributed by atoms with Gasteiger partial charge in [-0.25, -0.2) is 0 Å². The minimum Gasteiger partial charge on any atom is -0.384 e. The Hall–Kier alpha value is -0.340. The van der Waals surface area contributed by atoms with Crippen molar-refractivity contribution in [1.29, 1.82) is 0 Å². The molecule has 1 aliphatic rings. The maximum atomic E-state index is 10.2. The highest BCUT2D eigenvalue weighted by molar-refractivity contribution is 7.10. The van der Waals surface area contributed by atoms with E-state index in [1.807, 2.05) is 17.5 Å². The minimum atomic E-state index is -0.506. The van der Waals surface area contributed by atoms with Gasteiger partial charge >= 0.3 is 0 Å². The quantitative estimate of drug-likeness (QED) is 0.708. The number of thiophene rings is 1. The summed E-state index contributed by atoms with van der Waals surface area (Å²) < 4.78 is 0. The van der Waals surface area contributed by atoms with Crippen LogP contribution in [0.15, 0.2) is 17.5 Å². The lowest BCUT2D eigenvalue weighted by Gasteiger charge is -2.48. The second kappa shape index (κ2) is 2.57. The van der Waals surface area contributed by atoms with Crippen molar-refractivity contribution in [3.63, 3.8) is 0 Å². The maximum Gasteiger partial charge on any atom is 0.102 e. The number of rotatable bonds is 1. The first-order valence-electron chi connectivity index (χ1n) is 4.41. The van der Waals surface area contributed by atoms with Crippen molar-refractivity contribution in [2.24, 2.45) is 11.8 Å². The first-order valence-corrected chi connectivity index (χ1v) is 5.29. The van der Waals surface area contributed by atoms with E-state index in [0.29, 0.717) is 11.8 Å². The van der Waals surface area contributed by atoms with E-state index in [2.05, 4.69) is 13.8 Å². The van der Waals surface area contributed by atoms with Crippen molar-refractivity contribution in [3.8, 4) is 0 Å². The molecule has 66 valence electrons. The third-order valence-electron chi connectivity index (χ3n) is 3.19. The Labute approximate surface area is 77.0 Å². The zero-order valence-electron chi connectivity index (χ0n) is 7.45. The van der Waals surface area contributed by atoms with Gasteiger partial charge in [0.25, 0.3) is 0 Å². The summed E-state index contributed by atoms with van der Waals surface area (Å²) in [6.45, 7) is 4.33. The van der Waals surface area contributed by atoms with Crippen LogP contribution in [-0.2, 0) is 5.60 Å². The van der Waals surface area contributed by atoms with Crippen molar-refractivity contribution in [2.75, 3.05) is 0 Å². The Balaban J connectivity index is 2.25. The molecule has 0 saturated heterocycles. The van der Waals surface area contributed by atoms with Gasteiger partial charge in [-0.2, -0.15) is 0 Å². The molecule has 0 spiro atoms. The molecular formula is C10H14OS. The van der Waals surface area contributed by atoms with E-state index in [4.69, 9.17) is 0 Å². The van der Waals surface area contributed by atoms with Gasteiger partial charge in [0.1, 0.15) is 5.60 Å². The lowest BCUT2D eigenvalue weighted by Crippen LogP contribution is -2.48. The van der Waals surface area contributed by atoms with Crippen LogP contribution in [0.25, 0.3) is 0 Å². The number of hydrogen-bond donors (Lipinski definition) is 1. The van der Waals surface area contributed by atoms with Gasteiger partial charge in [0.05, 0.1) is 0 Å². The largest absolute Gasteiger partial charge is 0.384 e. The van der Waals surface area contributed by atoms with Crippen LogP contribution in [0, 0.1) is 11.8 Å². The van der Waals surface area contributed by atoms with E-state index in [9.17, 15) is 5.11 Å². The summed E-state index contributed by atoms with van der Waals surface area (Å²) in [7, 11) is 0. The van der Waals surface area contributed by atoms with E-state index in [1.165, 1.54) is 0 Å². The zero-order valence-corrected chi connectivity index (χ0v) is 8.27. The second-order valence-electron chi connectivity index (χ2n) is 3.87. The van der Waals surface area contributed by atoms with Gasteiger partial charge < -0.3 is 5.11 Å². The normalized spacial score (nSPS) is 40.9. The molecule has 12 heavy (non-hydrogen) atoms. The van der Waals surface area contributed by atoms with Crippen LogP contribution in [0.4, 0.5) is 0 Å². The molecule has 0 amide bonds. The lowest BCUT2D eigenvalue weighted by atomic mass is 9.62. The average molecular weight is 182 g/mol. The standard InChI is InChI=1S/C10H14OS/c1-7-6-10(11,8(7)2)9-4-3-5-12-9/h3-5,7-8,11H,6H2,1-2H3. The molecule has 0 aromatic carbocycles. The molecule has 0 bridgehead atoms. The van der Waals surface area contributed by atoms with Crippen LogP contribution >= 0.6 is 11.3 Å². The van der Waals surface area contributed by atoms with Crippen LogP contribution in [0.5, 0.6) is 0 Å². The fraction of sp³-hybridized carbons (Fsp3) is 0.600. The van der Waals surface area contributed by atoms with Gasteiger partial charge in [0.2, 0.25) is 0 Å². The predicted molar refractivity (Wildman–Crippen MR) is 51.2 cm³/mol. The molecule has 2 rings (SSSR count). The van der Waals surface area contributed by atoms with E-state index >= 15 is 0 Å². The minimum absolute atomic E-state index is 0.413. The van der Waals surface area contributed by atoms with E-state index in [1.54, 1.807) is 11.3 Å². The number of aliphatic hydroxyl groups is 1. The monoisotopic (exact) mass is 182 g/mol. The Morgan fingerprint density at radius 1 is 1.58 bits per heavy atom. The van der Waals surface area contributed by atoms with E-state index in [0.717, 1.165) is 11.3 Å². The molecule has 2 heteroatoms. The van der Waals surface area contributed by atoms with Gasteiger partial charge in [-0.05, 0) is 29.7 Å². The summed E-state index contributed by atoms with van der Waals surface area (Å²) in [4.78, 5) is 1.13. The molecule has 0 aliphatic heterocycles. The fourth-order valence-corrected chi connectivity index (χ4v) is 2.95. The van der Waals surface area contributed by atoms with Gasteiger partial charge in [0, 0.05) is 4.88 Å². The van der Waals surface area contributed by atoms with Gasteiger partial charge in [-0.1, -0.05) is 19.9 Å². The topological polar surface area (TPSA) is 20.2 Å². The lowest BCUT2D eigenvalue weighted by molar-refractivity contribution is -0.129. The SMILES string of the molecule is CC1CC(O)(c2cccs2)C1C. The van der Waals surface area contributed by atoms with Gasteiger partial charge in [0.15, 0.2) is 0 Å². The van der Waals surface area contributed by atoms with Crippen LogP contribution < -0.4 is 0 Å². The number of hydrogen-bond acceptors (Lipinski definition) is 2. The summed E-state index contributed by atoms with van der Waals surface area (Å²) in [5.41, 5.74) is -0.506. The second-order valence-corrected chi connectivity index (χ2v) is 4.82. The Morgan fingerprint density at radius 3 is 2.75 bits per heavy atom. The third kappa shape index (κ3) is 0.947. The maximum absolute atomic E-state index is 10.2. The molecule has 1 aromatic heterocycles. The highest BCUT2D eigenvalue weighted by Gasteiger charge is 2.49. The Kier molecular flexibility index (Phi) is 1.77. The first-order chi connectivity index (χ1) is 5.64. The average Bonchev–Trinajstić information content (AvgIpc) is 2.56. The summed E-state index contributed by atoms with van der Waals surface area (Å²) >= 11 is 1.66. The molecular weight excluding hydrogens is 168 g/mol. The third-order valence-corrected chi connectivity index (χ3v) is 4.22. The van der Waals surface area contributed by atoms with Crippen molar-refractivity contribution >= 4 is 11.3 Å². The van der Waals surface area contributed by atoms with Crippen LogP contribution in [0.2, 0.25) is 0 Å². The molecule has 3 unspecified atom stereocenters. The van der Waals surface area contributed by atoms with Crippen molar-refractivity contribution in [1.82, 2.24) is 0 Å². The van der Waals surface area contributed by atoms with E-state index in [-0.39, 0.29) is 0 Å². The van der Waals surface area contributed by atoms with Gasteiger partial charge in [-0.15, -0.1) is 11.3 Å².